The summed E-state index contributed by atoms with van der Waals surface area (Å²) in [5.41, 5.74) is 1.39. The molecule has 228 valence electrons. The maximum absolute atomic E-state index is 13.1. The SMILES string of the molecule is CC(=O)OC[C@@H]1[C@@H](OCc2ccccc2)[C@H](OCc2ccccc2)[C@]2(OCc3ccccc3)[C@H]1[C@H]2NC(=O)OC(C)(C)C. The van der Waals surface area contributed by atoms with E-state index in [1.54, 1.807) is 0 Å². The van der Waals surface area contributed by atoms with Crippen LogP contribution in [0.3, 0.4) is 0 Å². The van der Waals surface area contributed by atoms with E-state index < -0.39 is 35.5 Å². The fraction of sp³-hybridized carbons (Fsp3) is 0.429. The molecule has 2 fully saturated rings. The van der Waals surface area contributed by atoms with Crippen molar-refractivity contribution in [2.75, 3.05) is 6.61 Å². The van der Waals surface area contributed by atoms with Crippen molar-refractivity contribution in [1.29, 1.82) is 0 Å². The molecule has 0 bridgehead atoms. The third-order valence-electron chi connectivity index (χ3n) is 7.92. The van der Waals surface area contributed by atoms with Crippen molar-refractivity contribution in [2.24, 2.45) is 11.8 Å². The summed E-state index contributed by atoms with van der Waals surface area (Å²) in [6.45, 7) is 7.94. The van der Waals surface area contributed by atoms with Gasteiger partial charge in [0.1, 0.15) is 17.3 Å². The minimum atomic E-state index is -0.937. The maximum Gasteiger partial charge on any atom is 0.407 e. The first kappa shape index (κ1) is 30.7. The minimum absolute atomic E-state index is 0.105. The van der Waals surface area contributed by atoms with Crippen molar-refractivity contribution in [3.05, 3.63) is 108 Å². The van der Waals surface area contributed by atoms with Gasteiger partial charge >= 0.3 is 12.1 Å². The standard InChI is InChI=1S/C35H41NO7/c1-24(37)39-23-28-29-31(36-33(38)43-34(2,3)4)35(29,42-22-27-18-12-7-13-19-27)32(41-21-26-16-10-6-11-17-26)30(28)40-20-25-14-8-5-9-15-25/h5-19,28-32H,20-23H2,1-4H3,(H,36,38)/t28-,29+,30+,31+,32-,35-/m0/s1. The second-order valence-electron chi connectivity index (χ2n) is 12.2. The van der Waals surface area contributed by atoms with Crippen molar-refractivity contribution in [1.82, 2.24) is 5.32 Å². The molecule has 0 spiro atoms. The van der Waals surface area contributed by atoms with E-state index in [2.05, 4.69) is 5.32 Å². The van der Waals surface area contributed by atoms with E-state index in [0.29, 0.717) is 19.8 Å². The first-order valence-corrected chi connectivity index (χ1v) is 14.8. The Morgan fingerprint density at radius 3 is 1.79 bits per heavy atom. The highest BCUT2D eigenvalue weighted by molar-refractivity contribution is 5.70. The van der Waals surface area contributed by atoms with Gasteiger partial charge in [0, 0.05) is 18.8 Å². The molecular formula is C35H41NO7. The largest absolute Gasteiger partial charge is 0.465 e. The molecule has 0 saturated heterocycles. The van der Waals surface area contributed by atoms with Gasteiger partial charge in [-0.05, 0) is 37.5 Å². The Morgan fingerprint density at radius 2 is 1.28 bits per heavy atom. The van der Waals surface area contributed by atoms with Gasteiger partial charge in [0.25, 0.3) is 0 Å². The van der Waals surface area contributed by atoms with Crippen LogP contribution in [0.2, 0.25) is 0 Å². The fourth-order valence-electron chi connectivity index (χ4n) is 6.11. The molecule has 8 heteroatoms. The van der Waals surface area contributed by atoms with E-state index in [4.69, 9.17) is 23.7 Å². The highest BCUT2D eigenvalue weighted by Gasteiger charge is 2.81. The first-order chi connectivity index (χ1) is 20.7. The van der Waals surface area contributed by atoms with Crippen LogP contribution in [0, 0.1) is 11.8 Å². The number of carbonyl (C=O) groups is 2. The molecule has 0 radical (unpaired) electrons. The van der Waals surface area contributed by atoms with Crippen molar-refractivity contribution in [2.45, 2.75) is 77.0 Å². The fourth-order valence-corrected chi connectivity index (χ4v) is 6.11. The molecule has 1 N–H and O–H groups in total. The Labute approximate surface area is 253 Å². The molecule has 43 heavy (non-hydrogen) atoms. The van der Waals surface area contributed by atoms with Crippen LogP contribution in [-0.4, -0.2) is 48.1 Å². The normalized spacial score (nSPS) is 25.9. The maximum atomic E-state index is 13.1. The predicted molar refractivity (Wildman–Crippen MR) is 161 cm³/mol. The summed E-state index contributed by atoms with van der Waals surface area (Å²) in [4.78, 5) is 25.1. The van der Waals surface area contributed by atoms with Crippen LogP contribution in [0.1, 0.15) is 44.4 Å². The summed E-state index contributed by atoms with van der Waals surface area (Å²) >= 11 is 0. The molecule has 2 saturated carbocycles. The molecule has 0 aromatic heterocycles. The molecule has 0 unspecified atom stereocenters. The van der Waals surface area contributed by atoms with Gasteiger partial charge in [-0.1, -0.05) is 91.0 Å². The van der Waals surface area contributed by atoms with E-state index in [9.17, 15) is 9.59 Å². The van der Waals surface area contributed by atoms with E-state index >= 15 is 0 Å². The molecule has 2 aliphatic rings. The third kappa shape index (κ3) is 7.44. The van der Waals surface area contributed by atoms with Gasteiger partial charge in [0.2, 0.25) is 0 Å². The number of esters is 1. The highest BCUT2D eigenvalue weighted by Crippen LogP contribution is 2.63. The van der Waals surface area contributed by atoms with Crippen LogP contribution in [0.5, 0.6) is 0 Å². The lowest BCUT2D eigenvalue weighted by molar-refractivity contribution is -0.161. The number of carbonyl (C=O) groups excluding carboxylic acids is 2. The van der Waals surface area contributed by atoms with Crippen LogP contribution in [0.25, 0.3) is 0 Å². The van der Waals surface area contributed by atoms with Crippen LogP contribution in [0.4, 0.5) is 4.79 Å². The predicted octanol–water partition coefficient (Wildman–Crippen LogP) is 5.83. The summed E-state index contributed by atoms with van der Waals surface area (Å²) in [6, 6.07) is 29.2. The lowest BCUT2D eigenvalue weighted by Gasteiger charge is -2.34. The van der Waals surface area contributed by atoms with Gasteiger partial charge in [-0.3, -0.25) is 4.79 Å². The van der Waals surface area contributed by atoms with Crippen molar-refractivity contribution < 1.29 is 33.3 Å². The Kier molecular flexibility index (Phi) is 9.49. The van der Waals surface area contributed by atoms with Crippen LogP contribution in [-0.2, 0) is 48.3 Å². The van der Waals surface area contributed by atoms with Crippen molar-refractivity contribution >= 4 is 12.1 Å². The second kappa shape index (κ2) is 13.3. The zero-order valence-corrected chi connectivity index (χ0v) is 25.2. The topological polar surface area (TPSA) is 92.3 Å². The average molecular weight is 588 g/mol. The van der Waals surface area contributed by atoms with Crippen LogP contribution >= 0.6 is 0 Å². The third-order valence-corrected chi connectivity index (χ3v) is 7.92. The molecule has 1 amide bonds. The molecule has 6 atom stereocenters. The Morgan fingerprint density at radius 1 is 0.767 bits per heavy atom. The van der Waals surface area contributed by atoms with Gasteiger partial charge in [-0.15, -0.1) is 0 Å². The quantitative estimate of drug-likeness (QED) is 0.267. The Hall–Kier alpha value is -3.72. The first-order valence-electron chi connectivity index (χ1n) is 14.8. The molecular weight excluding hydrogens is 546 g/mol. The van der Waals surface area contributed by atoms with Gasteiger partial charge in [0.15, 0.2) is 0 Å². The number of benzene rings is 3. The summed E-state index contributed by atoms with van der Waals surface area (Å²) < 4.78 is 31.3. The Bertz CT molecular complexity index is 1340. The monoisotopic (exact) mass is 587 g/mol. The smallest absolute Gasteiger partial charge is 0.407 e. The molecule has 3 aromatic carbocycles. The number of fused-ring (bicyclic) bond motifs is 1. The summed E-state index contributed by atoms with van der Waals surface area (Å²) in [7, 11) is 0. The number of hydrogen-bond acceptors (Lipinski definition) is 7. The van der Waals surface area contributed by atoms with E-state index in [1.807, 2.05) is 112 Å². The van der Waals surface area contributed by atoms with Crippen LogP contribution in [0.15, 0.2) is 91.0 Å². The van der Waals surface area contributed by atoms with Crippen molar-refractivity contribution in [3.8, 4) is 0 Å². The molecule has 8 nitrogen and oxygen atoms in total. The molecule has 3 aromatic rings. The van der Waals surface area contributed by atoms with Gasteiger partial charge in [0.05, 0.1) is 38.6 Å². The van der Waals surface area contributed by atoms with Crippen LogP contribution < -0.4 is 5.32 Å². The molecule has 5 rings (SSSR count). The van der Waals surface area contributed by atoms with E-state index in [0.717, 1.165) is 16.7 Å². The number of rotatable bonds is 12. The van der Waals surface area contributed by atoms with E-state index in [1.165, 1.54) is 6.92 Å². The number of nitrogens with one attached hydrogen (secondary N) is 1. The zero-order valence-electron chi connectivity index (χ0n) is 25.2. The average Bonchev–Trinajstić information content (AvgIpc) is 3.50. The summed E-state index contributed by atoms with van der Waals surface area (Å²) in [6.07, 6.45) is -1.59. The van der Waals surface area contributed by atoms with Gasteiger partial charge in [-0.2, -0.15) is 0 Å². The minimum Gasteiger partial charge on any atom is -0.465 e. The lowest BCUT2D eigenvalue weighted by Crippen LogP contribution is -2.50. The number of alkyl carbamates (subject to hydrolysis) is 1. The summed E-state index contributed by atoms with van der Waals surface area (Å²) in [5, 5.41) is 3.07. The number of hydrogen-bond donors (Lipinski definition) is 1. The van der Waals surface area contributed by atoms with Gasteiger partial charge in [-0.25, -0.2) is 4.79 Å². The number of ether oxygens (including phenoxy) is 5. The second-order valence-corrected chi connectivity index (χ2v) is 12.2. The Balaban J connectivity index is 1.49. The van der Waals surface area contributed by atoms with Gasteiger partial charge < -0.3 is 29.0 Å². The summed E-state index contributed by atoms with van der Waals surface area (Å²) in [5.74, 6) is -0.933. The van der Waals surface area contributed by atoms with Crippen molar-refractivity contribution in [3.63, 3.8) is 0 Å². The molecule has 2 aliphatic carbocycles. The highest BCUT2D eigenvalue weighted by atomic mass is 16.6. The zero-order chi connectivity index (χ0) is 30.5. The number of amides is 1. The lowest BCUT2D eigenvalue weighted by atomic mass is 9.98. The van der Waals surface area contributed by atoms with E-state index in [-0.39, 0.29) is 24.4 Å². The molecule has 0 aliphatic heterocycles. The molecule has 0 heterocycles.